The maximum Gasteiger partial charge on any atom is 0.125 e. The SMILES string of the molecule is C=CCCNC(c1ccccc1)c1ccco1. The van der Waals surface area contributed by atoms with Crippen molar-refractivity contribution in [1.82, 2.24) is 5.32 Å². The van der Waals surface area contributed by atoms with Crippen LogP contribution < -0.4 is 5.32 Å². The van der Waals surface area contributed by atoms with E-state index in [1.54, 1.807) is 6.26 Å². The van der Waals surface area contributed by atoms with Crippen LogP contribution in [0.25, 0.3) is 0 Å². The van der Waals surface area contributed by atoms with Crippen molar-refractivity contribution in [3.63, 3.8) is 0 Å². The number of hydrogen-bond acceptors (Lipinski definition) is 2. The molecule has 0 saturated carbocycles. The molecule has 2 nitrogen and oxygen atoms in total. The van der Waals surface area contributed by atoms with Crippen LogP contribution >= 0.6 is 0 Å². The van der Waals surface area contributed by atoms with E-state index in [0.717, 1.165) is 18.7 Å². The minimum Gasteiger partial charge on any atom is -0.467 e. The number of rotatable bonds is 6. The molecule has 2 rings (SSSR count). The van der Waals surface area contributed by atoms with Crippen LogP contribution in [-0.2, 0) is 0 Å². The maximum absolute atomic E-state index is 5.49. The van der Waals surface area contributed by atoms with Crippen LogP contribution in [-0.4, -0.2) is 6.54 Å². The van der Waals surface area contributed by atoms with E-state index in [2.05, 4.69) is 24.0 Å². The molecule has 0 radical (unpaired) electrons. The van der Waals surface area contributed by atoms with Crippen molar-refractivity contribution < 1.29 is 4.42 Å². The van der Waals surface area contributed by atoms with Crippen LogP contribution in [0.5, 0.6) is 0 Å². The molecule has 17 heavy (non-hydrogen) atoms. The lowest BCUT2D eigenvalue weighted by Gasteiger charge is -2.16. The zero-order valence-electron chi connectivity index (χ0n) is 9.80. The van der Waals surface area contributed by atoms with Gasteiger partial charge in [-0.15, -0.1) is 6.58 Å². The first-order valence-corrected chi connectivity index (χ1v) is 5.84. The fraction of sp³-hybridized carbons (Fsp3) is 0.200. The Hall–Kier alpha value is -1.80. The lowest BCUT2D eigenvalue weighted by molar-refractivity contribution is 0.449. The van der Waals surface area contributed by atoms with Gasteiger partial charge in [-0.2, -0.15) is 0 Å². The highest BCUT2D eigenvalue weighted by molar-refractivity contribution is 5.26. The third-order valence-corrected chi connectivity index (χ3v) is 2.66. The normalized spacial score (nSPS) is 12.2. The Morgan fingerprint density at radius 2 is 2.00 bits per heavy atom. The average molecular weight is 227 g/mol. The van der Waals surface area contributed by atoms with E-state index in [4.69, 9.17) is 4.42 Å². The van der Waals surface area contributed by atoms with Crippen LogP contribution in [0.2, 0.25) is 0 Å². The van der Waals surface area contributed by atoms with Crippen LogP contribution in [0.1, 0.15) is 23.8 Å². The molecule has 2 aromatic rings. The van der Waals surface area contributed by atoms with Crippen molar-refractivity contribution in [3.05, 3.63) is 72.7 Å². The Bertz CT molecular complexity index is 433. The number of nitrogens with one attached hydrogen (secondary N) is 1. The number of furan rings is 1. The minimum absolute atomic E-state index is 0.117. The lowest BCUT2D eigenvalue weighted by Crippen LogP contribution is -2.22. The van der Waals surface area contributed by atoms with Crippen LogP contribution in [0.15, 0.2) is 65.8 Å². The van der Waals surface area contributed by atoms with Crippen molar-refractivity contribution in [2.24, 2.45) is 0 Å². The molecule has 2 heteroatoms. The average Bonchev–Trinajstić information content (AvgIpc) is 2.89. The summed E-state index contributed by atoms with van der Waals surface area (Å²) in [6, 6.07) is 14.3. The molecule has 0 saturated heterocycles. The molecule has 1 N–H and O–H groups in total. The van der Waals surface area contributed by atoms with Gasteiger partial charge in [-0.1, -0.05) is 36.4 Å². The third-order valence-electron chi connectivity index (χ3n) is 2.66. The predicted molar refractivity (Wildman–Crippen MR) is 69.8 cm³/mol. The molecular formula is C15H17NO. The van der Waals surface area contributed by atoms with Gasteiger partial charge < -0.3 is 9.73 Å². The first-order chi connectivity index (χ1) is 8.42. The van der Waals surface area contributed by atoms with E-state index in [9.17, 15) is 0 Å². The van der Waals surface area contributed by atoms with E-state index in [1.165, 1.54) is 5.56 Å². The molecule has 1 heterocycles. The highest BCUT2D eigenvalue weighted by Crippen LogP contribution is 2.22. The van der Waals surface area contributed by atoms with Gasteiger partial charge in [0.15, 0.2) is 0 Å². The Kier molecular flexibility index (Phi) is 4.17. The largest absolute Gasteiger partial charge is 0.467 e. The van der Waals surface area contributed by atoms with Gasteiger partial charge >= 0.3 is 0 Å². The fourth-order valence-corrected chi connectivity index (χ4v) is 1.81. The second kappa shape index (κ2) is 6.06. The van der Waals surface area contributed by atoms with Gasteiger partial charge in [0.2, 0.25) is 0 Å². The maximum atomic E-state index is 5.49. The summed E-state index contributed by atoms with van der Waals surface area (Å²) in [6.07, 6.45) is 4.57. The molecule has 0 fully saturated rings. The van der Waals surface area contributed by atoms with E-state index < -0.39 is 0 Å². The Labute approximate surface area is 102 Å². The molecule has 1 aromatic carbocycles. The lowest BCUT2D eigenvalue weighted by atomic mass is 10.0. The summed E-state index contributed by atoms with van der Waals surface area (Å²) >= 11 is 0. The van der Waals surface area contributed by atoms with E-state index in [1.807, 2.05) is 36.4 Å². The summed E-state index contributed by atoms with van der Waals surface area (Å²) in [4.78, 5) is 0. The van der Waals surface area contributed by atoms with Crippen molar-refractivity contribution in [2.45, 2.75) is 12.5 Å². The van der Waals surface area contributed by atoms with Crippen LogP contribution in [0, 0.1) is 0 Å². The van der Waals surface area contributed by atoms with Gasteiger partial charge in [0.05, 0.1) is 12.3 Å². The summed E-state index contributed by atoms with van der Waals surface area (Å²) in [5, 5.41) is 3.47. The van der Waals surface area contributed by atoms with Crippen LogP contribution in [0.3, 0.4) is 0 Å². The van der Waals surface area contributed by atoms with E-state index in [0.29, 0.717) is 0 Å². The van der Waals surface area contributed by atoms with Gasteiger partial charge in [-0.3, -0.25) is 0 Å². The molecule has 0 amide bonds. The molecule has 0 aliphatic heterocycles. The monoisotopic (exact) mass is 227 g/mol. The standard InChI is InChI=1S/C15H17NO/c1-2-3-11-16-15(14-10-7-12-17-14)13-8-5-4-6-9-13/h2,4-10,12,15-16H,1,3,11H2. The topological polar surface area (TPSA) is 25.2 Å². The van der Waals surface area contributed by atoms with E-state index >= 15 is 0 Å². The Morgan fingerprint density at radius 3 is 2.65 bits per heavy atom. The first kappa shape index (κ1) is 11.7. The van der Waals surface area contributed by atoms with Gasteiger partial charge in [0.25, 0.3) is 0 Å². The zero-order chi connectivity index (χ0) is 11.9. The Morgan fingerprint density at radius 1 is 1.18 bits per heavy atom. The highest BCUT2D eigenvalue weighted by Gasteiger charge is 2.14. The van der Waals surface area contributed by atoms with Gasteiger partial charge in [0, 0.05) is 0 Å². The first-order valence-electron chi connectivity index (χ1n) is 5.84. The second-order valence-electron chi connectivity index (χ2n) is 3.89. The zero-order valence-corrected chi connectivity index (χ0v) is 9.80. The minimum atomic E-state index is 0.117. The number of benzene rings is 1. The quantitative estimate of drug-likeness (QED) is 0.603. The molecule has 1 atom stereocenters. The second-order valence-corrected chi connectivity index (χ2v) is 3.89. The van der Waals surface area contributed by atoms with Gasteiger partial charge in [0.1, 0.15) is 5.76 Å². The van der Waals surface area contributed by atoms with Gasteiger partial charge in [-0.25, -0.2) is 0 Å². The predicted octanol–water partition coefficient (Wildman–Crippen LogP) is 3.53. The summed E-state index contributed by atoms with van der Waals surface area (Å²) in [5.74, 6) is 0.945. The molecule has 1 unspecified atom stereocenters. The summed E-state index contributed by atoms with van der Waals surface area (Å²) in [7, 11) is 0. The summed E-state index contributed by atoms with van der Waals surface area (Å²) in [6.45, 7) is 4.62. The van der Waals surface area contributed by atoms with Crippen LogP contribution in [0.4, 0.5) is 0 Å². The van der Waals surface area contributed by atoms with Crippen molar-refractivity contribution in [2.75, 3.05) is 6.54 Å². The molecule has 88 valence electrons. The fourth-order valence-electron chi connectivity index (χ4n) is 1.81. The van der Waals surface area contributed by atoms with Crippen molar-refractivity contribution in [3.8, 4) is 0 Å². The molecule has 0 spiro atoms. The molecular weight excluding hydrogens is 210 g/mol. The smallest absolute Gasteiger partial charge is 0.125 e. The molecule has 0 aliphatic rings. The van der Waals surface area contributed by atoms with Crippen molar-refractivity contribution in [1.29, 1.82) is 0 Å². The molecule has 0 bridgehead atoms. The third kappa shape index (κ3) is 3.08. The summed E-state index contributed by atoms with van der Waals surface area (Å²) < 4.78 is 5.49. The highest BCUT2D eigenvalue weighted by atomic mass is 16.3. The van der Waals surface area contributed by atoms with Crippen molar-refractivity contribution >= 4 is 0 Å². The Balaban J connectivity index is 2.16. The van der Waals surface area contributed by atoms with E-state index in [-0.39, 0.29) is 6.04 Å². The molecule has 0 aliphatic carbocycles. The number of hydrogen-bond donors (Lipinski definition) is 1. The van der Waals surface area contributed by atoms with Gasteiger partial charge in [-0.05, 0) is 30.7 Å². The summed E-state index contributed by atoms with van der Waals surface area (Å²) in [5.41, 5.74) is 1.21. The molecule has 1 aromatic heterocycles.